The molecule has 0 radical (unpaired) electrons. The minimum absolute atomic E-state index is 0.0266. The van der Waals surface area contributed by atoms with E-state index in [1.54, 1.807) is 24.3 Å². The van der Waals surface area contributed by atoms with Crippen LogP contribution in [0.1, 0.15) is 70.7 Å². The molecule has 7 rings (SSSR count). The van der Waals surface area contributed by atoms with Gasteiger partial charge in [0.1, 0.15) is 6.04 Å². The van der Waals surface area contributed by atoms with Gasteiger partial charge < -0.3 is 19.9 Å². The van der Waals surface area contributed by atoms with Crippen LogP contribution in [-0.4, -0.2) is 50.1 Å². The van der Waals surface area contributed by atoms with Gasteiger partial charge in [0.05, 0.1) is 23.7 Å². The number of ether oxygens (including phenoxy) is 2. The summed E-state index contributed by atoms with van der Waals surface area (Å²) in [4.78, 5) is 16.1. The maximum atomic E-state index is 13.6. The maximum Gasteiger partial charge on any atom is 0.241 e. The third-order valence-electron chi connectivity index (χ3n) is 11.0. The number of sulfonamides is 1. The second-order valence-corrected chi connectivity index (χ2v) is 16.9. The van der Waals surface area contributed by atoms with Crippen LogP contribution in [0.2, 0.25) is 0 Å². The Kier molecular flexibility index (Phi) is 13.1. The SMILES string of the molecule is Cc1ccc(S(=O)(=O)N[C@H](Cc2ccccc2)C(=O)NCc2ccc([C@H]3O[C@@H](CN(C)[C@H](C)c4ccc5ccccc5c4)C[C@@H](c4ccc(CO)cc4)O3)cc2)cc1. The van der Waals surface area contributed by atoms with Gasteiger partial charge in [-0.2, -0.15) is 4.72 Å². The predicted molar refractivity (Wildman–Crippen MR) is 227 cm³/mol. The lowest BCUT2D eigenvalue weighted by Crippen LogP contribution is -2.47. The number of nitrogens with zero attached hydrogens (tertiary/aromatic N) is 1. The molecule has 0 spiro atoms. The molecule has 0 aromatic heterocycles. The lowest BCUT2D eigenvalue weighted by molar-refractivity contribution is -0.253. The summed E-state index contributed by atoms with van der Waals surface area (Å²) in [7, 11) is -1.84. The molecular formula is C48H51N3O6S. The first-order valence-electron chi connectivity index (χ1n) is 19.7. The van der Waals surface area contributed by atoms with Crippen LogP contribution in [-0.2, 0) is 43.9 Å². The van der Waals surface area contributed by atoms with E-state index in [0.717, 1.165) is 33.4 Å². The molecule has 9 nitrogen and oxygen atoms in total. The zero-order valence-electron chi connectivity index (χ0n) is 33.1. The summed E-state index contributed by atoms with van der Waals surface area (Å²) in [6, 6.07) is 45.6. The topological polar surface area (TPSA) is 117 Å². The molecule has 300 valence electrons. The standard InChI is InChI=1S/C48H51N3O6S/c1-33-13-25-44(26-14-33)58(54,55)50-45(27-35-9-5-4-6-10-35)47(53)49-30-36-15-21-40(22-16-36)48-56-43(29-46(57-48)39-19-17-37(32-52)18-20-39)31-51(3)34(2)41-24-23-38-11-7-8-12-42(38)28-41/h4-26,28,34,43,45-46,48,50,52H,27,29-32H2,1-3H3,(H,49,53)/t34-,43-,45-,46+,48+/m1/s1. The normalized spacial score (nSPS) is 18.2. The van der Waals surface area contributed by atoms with Crippen molar-refractivity contribution < 1.29 is 27.8 Å². The molecule has 1 amide bonds. The Morgan fingerprint density at radius 2 is 1.43 bits per heavy atom. The minimum Gasteiger partial charge on any atom is -0.392 e. The molecule has 5 atom stereocenters. The number of aryl methyl sites for hydroxylation is 1. The van der Waals surface area contributed by atoms with E-state index in [2.05, 4.69) is 71.4 Å². The number of hydrogen-bond acceptors (Lipinski definition) is 7. The van der Waals surface area contributed by atoms with Crippen molar-refractivity contribution in [2.45, 2.75) is 75.3 Å². The van der Waals surface area contributed by atoms with E-state index in [0.29, 0.717) is 13.0 Å². The molecule has 1 saturated heterocycles. The van der Waals surface area contributed by atoms with Gasteiger partial charge in [0, 0.05) is 31.1 Å². The van der Waals surface area contributed by atoms with Gasteiger partial charge in [-0.1, -0.05) is 133 Å². The molecule has 1 aliphatic heterocycles. The smallest absolute Gasteiger partial charge is 0.241 e. The van der Waals surface area contributed by atoms with Crippen LogP contribution in [0.3, 0.4) is 0 Å². The van der Waals surface area contributed by atoms with Crippen molar-refractivity contribution in [1.82, 2.24) is 14.9 Å². The Balaban J connectivity index is 1.04. The van der Waals surface area contributed by atoms with Gasteiger partial charge in [-0.3, -0.25) is 9.69 Å². The number of carbonyl (C=O) groups is 1. The number of benzene rings is 6. The van der Waals surface area contributed by atoms with Crippen LogP contribution in [0.5, 0.6) is 0 Å². The van der Waals surface area contributed by atoms with Gasteiger partial charge in [-0.15, -0.1) is 0 Å². The summed E-state index contributed by atoms with van der Waals surface area (Å²) in [5.74, 6) is -0.428. The van der Waals surface area contributed by atoms with E-state index in [-0.39, 0.29) is 42.7 Å². The van der Waals surface area contributed by atoms with Crippen molar-refractivity contribution >= 4 is 26.7 Å². The molecule has 3 N–H and O–H groups in total. The molecule has 1 heterocycles. The molecule has 6 aromatic rings. The maximum absolute atomic E-state index is 13.6. The number of hydrogen-bond donors (Lipinski definition) is 3. The van der Waals surface area contributed by atoms with Crippen molar-refractivity contribution in [3.8, 4) is 0 Å². The summed E-state index contributed by atoms with van der Waals surface area (Å²) in [5.41, 5.74) is 6.54. The van der Waals surface area contributed by atoms with Gasteiger partial charge in [-0.05, 0) is 84.1 Å². The summed E-state index contributed by atoms with van der Waals surface area (Å²) < 4.78 is 42.6. The molecule has 58 heavy (non-hydrogen) atoms. The second-order valence-electron chi connectivity index (χ2n) is 15.2. The molecule has 0 unspecified atom stereocenters. The van der Waals surface area contributed by atoms with Gasteiger partial charge in [0.2, 0.25) is 15.9 Å². The van der Waals surface area contributed by atoms with Crippen molar-refractivity contribution in [2.75, 3.05) is 13.6 Å². The number of likely N-dealkylation sites (N-methyl/N-ethyl adjacent to an activating group) is 1. The van der Waals surface area contributed by atoms with Crippen molar-refractivity contribution in [3.63, 3.8) is 0 Å². The molecule has 1 aliphatic rings. The number of carbonyl (C=O) groups excluding carboxylic acids is 1. The fraction of sp³-hybridized carbons (Fsp3) is 0.271. The average Bonchev–Trinajstić information content (AvgIpc) is 3.25. The van der Waals surface area contributed by atoms with E-state index in [1.165, 1.54) is 16.3 Å². The monoisotopic (exact) mass is 797 g/mol. The van der Waals surface area contributed by atoms with Crippen LogP contribution in [0.4, 0.5) is 0 Å². The van der Waals surface area contributed by atoms with Crippen molar-refractivity contribution in [1.29, 1.82) is 0 Å². The third kappa shape index (κ3) is 10.3. The highest BCUT2D eigenvalue weighted by molar-refractivity contribution is 7.89. The number of amides is 1. The van der Waals surface area contributed by atoms with Gasteiger partial charge in [0.25, 0.3) is 0 Å². The molecule has 1 fully saturated rings. The largest absolute Gasteiger partial charge is 0.392 e. The highest BCUT2D eigenvalue weighted by atomic mass is 32.2. The summed E-state index contributed by atoms with van der Waals surface area (Å²) in [6.45, 7) is 4.95. The first-order valence-corrected chi connectivity index (χ1v) is 21.2. The van der Waals surface area contributed by atoms with E-state index in [9.17, 15) is 18.3 Å². The van der Waals surface area contributed by atoms with Crippen LogP contribution >= 0.6 is 0 Å². The lowest BCUT2D eigenvalue weighted by atomic mass is 9.98. The highest BCUT2D eigenvalue weighted by Crippen LogP contribution is 2.39. The van der Waals surface area contributed by atoms with Gasteiger partial charge in [0.15, 0.2) is 6.29 Å². The summed E-state index contributed by atoms with van der Waals surface area (Å²) >= 11 is 0. The first kappa shape index (κ1) is 41.0. The molecule has 10 heteroatoms. The fourth-order valence-electron chi connectivity index (χ4n) is 7.35. The number of fused-ring (bicyclic) bond motifs is 1. The number of nitrogens with one attached hydrogen (secondary N) is 2. The van der Waals surface area contributed by atoms with E-state index in [1.807, 2.05) is 85.8 Å². The number of aliphatic hydroxyl groups excluding tert-OH is 1. The average molecular weight is 798 g/mol. The van der Waals surface area contributed by atoms with Crippen molar-refractivity contribution in [3.05, 3.63) is 185 Å². The number of aliphatic hydroxyl groups is 1. The van der Waals surface area contributed by atoms with Crippen LogP contribution < -0.4 is 10.0 Å². The Hall–Kier alpha value is -5.20. The summed E-state index contributed by atoms with van der Waals surface area (Å²) in [6.07, 6.45) is -0.163. The second kappa shape index (κ2) is 18.6. The molecule has 0 saturated carbocycles. The molecule has 6 aromatic carbocycles. The molecular weight excluding hydrogens is 747 g/mol. The Morgan fingerprint density at radius 1 is 0.776 bits per heavy atom. The molecule has 0 bridgehead atoms. The molecule has 0 aliphatic carbocycles. The Bertz CT molecular complexity index is 2390. The van der Waals surface area contributed by atoms with Gasteiger partial charge >= 0.3 is 0 Å². The Morgan fingerprint density at radius 3 is 2.14 bits per heavy atom. The third-order valence-corrected chi connectivity index (χ3v) is 12.5. The van der Waals surface area contributed by atoms with E-state index >= 15 is 0 Å². The first-order chi connectivity index (χ1) is 28.0. The minimum atomic E-state index is -3.96. The fourth-order valence-corrected chi connectivity index (χ4v) is 8.55. The zero-order chi connectivity index (χ0) is 40.6. The summed E-state index contributed by atoms with van der Waals surface area (Å²) in [5, 5.41) is 15.0. The lowest BCUT2D eigenvalue weighted by Gasteiger charge is -2.39. The van der Waals surface area contributed by atoms with Crippen molar-refractivity contribution in [2.24, 2.45) is 0 Å². The zero-order valence-corrected chi connectivity index (χ0v) is 33.9. The van der Waals surface area contributed by atoms with E-state index in [4.69, 9.17) is 9.47 Å². The van der Waals surface area contributed by atoms with Gasteiger partial charge in [-0.25, -0.2) is 8.42 Å². The van der Waals surface area contributed by atoms with Crippen LogP contribution in [0.25, 0.3) is 10.8 Å². The van der Waals surface area contributed by atoms with Crippen LogP contribution in [0.15, 0.2) is 150 Å². The number of rotatable bonds is 15. The van der Waals surface area contributed by atoms with Crippen LogP contribution in [0, 0.1) is 6.92 Å². The predicted octanol–water partition coefficient (Wildman–Crippen LogP) is 8.08. The Labute approximate surface area is 341 Å². The van der Waals surface area contributed by atoms with E-state index < -0.39 is 28.3 Å². The highest BCUT2D eigenvalue weighted by Gasteiger charge is 2.34. The quantitative estimate of drug-likeness (QED) is 0.0963.